The zero-order valence-corrected chi connectivity index (χ0v) is 13.6. The summed E-state index contributed by atoms with van der Waals surface area (Å²) in [6, 6.07) is 16.4. The molecule has 4 rings (SSSR count). The van der Waals surface area contributed by atoms with Crippen LogP contribution in [0.4, 0.5) is 5.82 Å². The van der Waals surface area contributed by atoms with E-state index in [9.17, 15) is 0 Å². The number of hydrogen-bond acceptors (Lipinski definition) is 4. The molecule has 4 nitrogen and oxygen atoms in total. The smallest absolute Gasteiger partial charge is 0.129 e. The van der Waals surface area contributed by atoms with Gasteiger partial charge >= 0.3 is 0 Å². The number of hydrogen-bond donors (Lipinski definition) is 0. The Bertz CT molecular complexity index is 806. The molecule has 0 amide bonds. The van der Waals surface area contributed by atoms with Gasteiger partial charge in [-0.05, 0) is 43.2 Å². The maximum Gasteiger partial charge on any atom is 0.129 e. The number of fused-ring (bicyclic) bond motifs is 1. The lowest BCUT2D eigenvalue weighted by atomic mass is 9.99. The molecular weight excluding hydrogens is 298 g/mol. The summed E-state index contributed by atoms with van der Waals surface area (Å²) in [6.07, 6.45) is 5.91. The van der Waals surface area contributed by atoms with Crippen molar-refractivity contribution in [1.29, 1.82) is 0 Å². The molecule has 0 N–H and O–H groups in total. The number of rotatable bonds is 4. The Labute approximate surface area is 142 Å². The number of benzene rings is 1. The van der Waals surface area contributed by atoms with Gasteiger partial charge in [-0.1, -0.05) is 18.2 Å². The van der Waals surface area contributed by atoms with E-state index in [2.05, 4.69) is 40.2 Å². The molecule has 0 radical (unpaired) electrons. The predicted molar refractivity (Wildman–Crippen MR) is 96.4 cm³/mol. The summed E-state index contributed by atoms with van der Waals surface area (Å²) in [4.78, 5) is 11.2. The Morgan fingerprint density at radius 3 is 2.83 bits per heavy atom. The highest BCUT2D eigenvalue weighted by molar-refractivity contribution is 5.80. The second-order valence-electron chi connectivity index (χ2n) is 6.31. The highest BCUT2D eigenvalue weighted by Crippen LogP contribution is 2.24. The minimum atomic E-state index is 0.528. The summed E-state index contributed by atoms with van der Waals surface area (Å²) < 4.78 is 5.91. The van der Waals surface area contributed by atoms with Crippen molar-refractivity contribution in [2.24, 2.45) is 5.92 Å². The first-order chi connectivity index (χ1) is 11.9. The molecule has 3 heterocycles. The zero-order chi connectivity index (χ0) is 16.2. The molecule has 0 bridgehead atoms. The summed E-state index contributed by atoms with van der Waals surface area (Å²) in [5.74, 6) is 2.49. The molecule has 4 heteroatoms. The summed E-state index contributed by atoms with van der Waals surface area (Å²) in [5.41, 5.74) is 1.06. The molecule has 0 saturated carbocycles. The van der Waals surface area contributed by atoms with Crippen molar-refractivity contribution >= 4 is 16.7 Å². The normalized spacial score (nSPS) is 17.8. The van der Waals surface area contributed by atoms with E-state index < -0.39 is 0 Å². The van der Waals surface area contributed by atoms with E-state index in [-0.39, 0.29) is 0 Å². The van der Waals surface area contributed by atoms with E-state index in [1.807, 2.05) is 18.2 Å². The van der Waals surface area contributed by atoms with Crippen molar-refractivity contribution in [2.45, 2.75) is 12.8 Å². The van der Waals surface area contributed by atoms with Gasteiger partial charge < -0.3 is 9.64 Å². The van der Waals surface area contributed by atoms with E-state index in [0.29, 0.717) is 5.92 Å². The predicted octanol–water partition coefficient (Wildman–Crippen LogP) is 3.93. The molecule has 1 unspecified atom stereocenters. The quantitative estimate of drug-likeness (QED) is 0.730. The molecule has 1 saturated heterocycles. The van der Waals surface area contributed by atoms with Crippen molar-refractivity contribution in [3.05, 3.63) is 60.9 Å². The van der Waals surface area contributed by atoms with Gasteiger partial charge in [-0.3, -0.25) is 4.98 Å². The average molecular weight is 319 g/mol. The van der Waals surface area contributed by atoms with Crippen LogP contribution >= 0.6 is 0 Å². The van der Waals surface area contributed by atoms with E-state index in [1.165, 1.54) is 18.2 Å². The number of pyridine rings is 2. The number of piperidine rings is 1. The third-order valence-corrected chi connectivity index (χ3v) is 4.56. The number of anilines is 1. The lowest BCUT2D eigenvalue weighted by Gasteiger charge is -2.33. The number of para-hydroxylation sites is 1. The van der Waals surface area contributed by atoms with E-state index in [4.69, 9.17) is 9.72 Å². The van der Waals surface area contributed by atoms with Crippen molar-refractivity contribution < 1.29 is 4.74 Å². The van der Waals surface area contributed by atoms with Gasteiger partial charge in [0.25, 0.3) is 0 Å². The van der Waals surface area contributed by atoms with Crippen LogP contribution < -0.4 is 9.64 Å². The first-order valence-electron chi connectivity index (χ1n) is 8.52. The van der Waals surface area contributed by atoms with Crippen LogP contribution in [-0.2, 0) is 0 Å². The molecule has 1 atom stereocenters. The highest BCUT2D eigenvalue weighted by atomic mass is 16.5. The maximum absolute atomic E-state index is 5.91. The van der Waals surface area contributed by atoms with Crippen molar-refractivity contribution in [3.63, 3.8) is 0 Å². The first-order valence-corrected chi connectivity index (χ1v) is 8.52. The van der Waals surface area contributed by atoms with Gasteiger partial charge in [-0.25, -0.2) is 4.98 Å². The Kier molecular flexibility index (Phi) is 4.28. The van der Waals surface area contributed by atoms with Gasteiger partial charge in [-0.15, -0.1) is 0 Å². The standard InChI is InChI=1S/C20H21N3O/c1-2-6-19-17(5-1)7-8-20(22-19)23-13-3-4-16(14-23)15-24-18-9-11-21-12-10-18/h1-2,5-12,16H,3-4,13-15H2. The number of nitrogens with zero attached hydrogens (tertiary/aromatic N) is 3. The second-order valence-corrected chi connectivity index (χ2v) is 6.31. The lowest BCUT2D eigenvalue weighted by Crippen LogP contribution is -2.38. The summed E-state index contributed by atoms with van der Waals surface area (Å²) in [7, 11) is 0. The minimum absolute atomic E-state index is 0.528. The van der Waals surface area contributed by atoms with Gasteiger partial charge in [0.05, 0.1) is 12.1 Å². The van der Waals surface area contributed by atoms with Crippen LogP contribution in [-0.4, -0.2) is 29.7 Å². The fourth-order valence-corrected chi connectivity index (χ4v) is 3.29. The van der Waals surface area contributed by atoms with Gasteiger partial charge in [0, 0.05) is 36.8 Å². The Hall–Kier alpha value is -2.62. The molecule has 3 aromatic rings. The molecule has 122 valence electrons. The third-order valence-electron chi connectivity index (χ3n) is 4.56. The molecule has 1 fully saturated rings. The fourth-order valence-electron chi connectivity index (χ4n) is 3.29. The summed E-state index contributed by atoms with van der Waals surface area (Å²) in [6.45, 7) is 2.81. The summed E-state index contributed by atoms with van der Waals surface area (Å²) in [5, 5.41) is 1.19. The lowest BCUT2D eigenvalue weighted by molar-refractivity contribution is 0.228. The molecule has 2 aromatic heterocycles. The Morgan fingerprint density at radius 2 is 1.92 bits per heavy atom. The molecule has 1 aromatic carbocycles. The fraction of sp³-hybridized carbons (Fsp3) is 0.300. The minimum Gasteiger partial charge on any atom is -0.493 e. The van der Waals surface area contributed by atoms with Crippen molar-refractivity contribution in [1.82, 2.24) is 9.97 Å². The second kappa shape index (κ2) is 6.87. The molecule has 0 aliphatic carbocycles. The third kappa shape index (κ3) is 3.32. The van der Waals surface area contributed by atoms with Crippen LogP contribution in [0.15, 0.2) is 60.9 Å². The monoisotopic (exact) mass is 319 g/mol. The van der Waals surface area contributed by atoms with E-state index >= 15 is 0 Å². The topological polar surface area (TPSA) is 38.2 Å². The first kappa shape index (κ1) is 14.9. The largest absolute Gasteiger partial charge is 0.493 e. The van der Waals surface area contributed by atoms with Gasteiger partial charge in [0.15, 0.2) is 0 Å². The number of aromatic nitrogens is 2. The Morgan fingerprint density at radius 1 is 1.04 bits per heavy atom. The average Bonchev–Trinajstić information content (AvgIpc) is 2.67. The molecular formula is C20H21N3O. The van der Waals surface area contributed by atoms with E-state index in [0.717, 1.165) is 36.8 Å². The molecule has 1 aliphatic rings. The van der Waals surface area contributed by atoms with E-state index in [1.54, 1.807) is 12.4 Å². The van der Waals surface area contributed by atoms with Crippen molar-refractivity contribution in [3.8, 4) is 5.75 Å². The van der Waals surface area contributed by atoms with Crippen LogP contribution in [0.25, 0.3) is 10.9 Å². The summed E-state index contributed by atoms with van der Waals surface area (Å²) >= 11 is 0. The molecule has 1 aliphatic heterocycles. The number of ether oxygens (including phenoxy) is 1. The van der Waals surface area contributed by atoms with Gasteiger partial charge in [0.2, 0.25) is 0 Å². The van der Waals surface area contributed by atoms with Crippen LogP contribution in [0, 0.1) is 5.92 Å². The molecule has 0 spiro atoms. The van der Waals surface area contributed by atoms with Gasteiger partial charge in [-0.2, -0.15) is 0 Å². The van der Waals surface area contributed by atoms with Crippen LogP contribution in [0.3, 0.4) is 0 Å². The van der Waals surface area contributed by atoms with Crippen LogP contribution in [0.1, 0.15) is 12.8 Å². The maximum atomic E-state index is 5.91. The van der Waals surface area contributed by atoms with Gasteiger partial charge in [0.1, 0.15) is 11.6 Å². The van der Waals surface area contributed by atoms with Crippen molar-refractivity contribution in [2.75, 3.05) is 24.6 Å². The Balaban J connectivity index is 1.43. The van der Waals surface area contributed by atoms with Crippen LogP contribution in [0.5, 0.6) is 5.75 Å². The van der Waals surface area contributed by atoms with Crippen LogP contribution in [0.2, 0.25) is 0 Å². The highest BCUT2D eigenvalue weighted by Gasteiger charge is 2.21. The zero-order valence-electron chi connectivity index (χ0n) is 13.6. The SMILES string of the molecule is c1ccc2nc(N3CCCC(COc4ccncc4)C3)ccc2c1. The molecule has 24 heavy (non-hydrogen) atoms.